The molecule has 6 heteroatoms. The van der Waals surface area contributed by atoms with Gasteiger partial charge in [0.2, 0.25) is 0 Å². The van der Waals surface area contributed by atoms with Crippen molar-refractivity contribution < 1.29 is 0 Å². The standard InChI is InChI=1S/C14H24N6/c1-10-13(18-15)16-11(2)17-14(10)20-8-5-12(9-20)19-6-3-4-7-19/h12H,3-9,15H2,1-2H3,(H,16,17,18). The maximum Gasteiger partial charge on any atom is 0.148 e. The minimum Gasteiger partial charge on any atom is -0.355 e. The fraction of sp³-hybridized carbons (Fsp3) is 0.714. The molecule has 110 valence electrons. The van der Waals surface area contributed by atoms with Crippen LogP contribution in [0.1, 0.15) is 30.7 Å². The number of nitrogen functional groups attached to an aromatic ring is 1. The van der Waals surface area contributed by atoms with Gasteiger partial charge in [0.25, 0.3) is 0 Å². The number of aromatic nitrogens is 2. The van der Waals surface area contributed by atoms with Gasteiger partial charge in [-0.25, -0.2) is 15.8 Å². The second-order valence-corrected chi connectivity index (χ2v) is 5.84. The van der Waals surface area contributed by atoms with E-state index in [-0.39, 0.29) is 0 Å². The van der Waals surface area contributed by atoms with Crippen LogP contribution in [-0.4, -0.2) is 47.1 Å². The number of hydrazine groups is 1. The first kappa shape index (κ1) is 13.6. The van der Waals surface area contributed by atoms with Crippen molar-refractivity contribution in [2.75, 3.05) is 36.5 Å². The quantitative estimate of drug-likeness (QED) is 0.635. The Balaban J connectivity index is 1.78. The summed E-state index contributed by atoms with van der Waals surface area (Å²) in [4.78, 5) is 14.0. The lowest BCUT2D eigenvalue weighted by Gasteiger charge is -2.25. The predicted octanol–water partition coefficient (Wildman–Crippen LogP) is 1.05. The van der Waals surface area contributed by atoms with Crippen LogP contribution in [-0.2, 0) is 0 Å². The molecule has 6 nitrogen and oxygen atoms in total. The van der Waals surface area contributed by atoms with Gasteiger partial charge in [-0.1, -0.05) is 0 Å². The third-order valence-corrected chi connectivity index (χ3v) is 4.49. The van der Waals surface area contributed by atoms with Crippen LogP contribution in [0.2, 0.25) is 0 Å². The van der Waals surface area contributed by atoms with Crippen LogP contribution in [0.4, 0.5) is 11.6 Å². The highest BCUT2D eigenvalue weighted by Crippen LogP contribution is 2.28. The second kappa shape index (κ2) is 5.54. The molecule has 2 saturated heterocycles. The number of nitrogens with two attached hydrogens (primary N) is 1. The summed E-state index contributed by atoms with van der Waals surface area (Å²) in [5, 5.41) is 0. The van der Waals surface area contributed by atoms with Crippen molar-refractivity contribution in [3.63, 3.8) is 0 Å². The molecule has 0 saturated carbocycles. The number of aryl methyl sites for hydroxylation is 1. The molecule has 0 radical (unpaired) electrons. The smallest absolute Gasteiger partial charge is 0.148 e. The van der Waals surface area contributed by atoms with Gasteiger partial charge in [0, 0.05) is 24.7 Å². The van der Waals surface area contributed by atoms with Crippen LogP contribution in [0.15, 0.2) is 0 Å². The zero-order valence-corrected chi connectivity index (χ0v) is 12.4. The molecule has 2 aliphatic heterocycles. The number of hydrogen-bond donors (Lipinski definition) is 2. The molecule has 0 bridgehead atoms. The number of hydrogen-bond acceptors (Lipinski definition) is 6. The van der Waals surface area contributed by atoms with Gasteiger partial charge in [0.15, 0.2) is 0 Å². The number of nitrogens with one attached hydrogen (secondary N) is 1. The Labute approximate surface area is 120 Å². The van der Waals surface area contributed by atoms with Gasteiger partial charge in [0.1, 0.15) is 17.5 Å². The monoisotopic (exact) mass is 276 g/mol. The van der Waals surface area contributed by atoms with Crippen molar-refractivity contribution in [1.29, 1.82) is 0 Å². The molecule has 2 fully saturated rings. The summed E-state index contributed by atoms with van der Waals surface area (Å²) in [6.45, 7) is 8.61. The molecular formula is C14H24N6. The fourth-order valence-corrected chi connectivity index (χ4v) is 3.40. The van der Waals surface area contributed by atoms with Crippen LogP contribution in [0.5, 0.6) is 0 Å². The van der Waals surface area contributed by atoms with E-state index in [9.17, 15) is 0 Å². The molecular weight excluding hydrogens is 252 g/mol. The van der Waals surface area contributed by atoms with Crippen LogP contribution in [0.3, 0.4) is 0 Å². The molecule has 3 rings (SSSR count). The van der Waals surface area contributed by atoms with Gasteiger partial charge in [-0.15, -0.1) is 0 Å². The first-order chi connectivity index (χ1) is 9.69. The fourth-order valence-electron chi connectivity index (χ4n) is 3.40. The minimum absolute atomic E-state index is 0.682. The molecule has 2 aliphatic rings. The summed E-state index contributed by atoms with van der Waals surface area (Å²) in [5.41, 5.74) is 3.72. The second-order valence-electron chi connectivity index (χ2n) is 5.84. The van der Waals surface area contributed by atoms with Gasteiger partial charge in [-0.05, 0) is 46.2 Å². The van der Waals surface area contributed by atoms with Crippen molar-refractivity contribution in [3.8, 4) is 0 Å². The van der Waals surface area contributed by atoms with E-state index in [1.165, 1.54) is 32.4 Å². The first-order valence-electron chi connectivity index (χ1n) is 7.50. The Morgan fingerprint density at radius 1 is 1.15 bits per heavy atom. The lowest BCUT2D eigenvalue weighted by molar-refractivity contribution is 0.260. The van der Waals surface area contributed by atoms with Gasteiger partial charge < -0.3 is 10.3 Å². The molecule has 1 aromatic heterocycles. The summed E-state index contributed by atoms with van der Waals surface area (Å²) in [7, 11) is 0. The molecule has 20 heavy (non-hydrogen) atoms. The van der Waals surface area contributed by atoms with Crippen molar-refractivity contribution in [3.05, 3.63) is 11.4 Å². The van der Waals surface area contributed by atoms with Crippen LogP contribution in [0.25, 0.3) is 0 Å². The molecule has 1 unspecified atom stereocenters. The topological polar surface area (TPSA) is 70.3 Å². The van der Waals surface area contributed by atoms with E-state index in [1.54, 1.807) is 0 Å². The van der Waals surface area contributed by atoms with E-state index in [4.69, 9.17) is 5.84 Å². The molecule has 0 spiro atoms. The van der Waals surface area contributed by atoms with Crippen LogP contribution in [0, 0.1) is 13.8 Å². The highest BCUT2D eigenvalue weighted by molar-refractivity contribution is 5.58. The third kappa shape index (κ3) is 2.45. The summed E-state index contributed by atoms with van der Waals surface area (Å²) in [6, 6.07) is 0.682. The van der Waals surface area contributed by atoms with E-state index in [0.717, 1.165) is 36.1 Å². The average molecular weight is 276 g/mol. The van der Waals surface area contributed by atoms with Gasteiger partial charge >= 0.3 is 0 Å². The minimum atomic E-state index is 0.682. The number of anilines is 2. The Bertz CT molecular complexity index is 483. The van der Waals surface area contributed by atoms with E-state index in [0.29, 0.717) is 6.04 Å². The molecule has 3 N–H and O–H groups in total. The lowest BCUT2D eigenvalue weighted by atomic mass is 10.2. The van der Waals surface area contributed by atoms with Crippen LogP contribution >= 0.6 is 0 Å². The Morgan fingerprint density at radius 2 is 1.90 bits per heavy atom. The van der Waals surface area contributed by atoms with Crippen molar-refractivity contribution >= 4 is 11.6 Å². The molecule has 0 aromatic carbocycles. The number of likely N-dealkylation sites (tertiary alicyclic amines) is 1. The van der Waals surface area contributed by atoms with Crippen molar-refractivity contribution in [1.82, 2.24) is 14.9 Å². The molecule has 3 heterocycles. The number of nitrogens with zero attached hydrogens (tertiary/aromatic N) is 4. The van der Waals surface area contributed by atoms with Crippen LogP contribution < -0.4 is 16.2 Å². The van der Waals surface area contributed by atoms with Gasteiger partial charge in [-0.3, -0.25) is 4.90 Å². The predicted molar refractivity (Wildman–Crippen MR) is 80.7 cm³/mol. The van der Waals surface area contributed by atoms with Gasteiger partial charge in [-0.2, -0.15) is 0 Å². The highest BCUT2D eigenvalue weighted by atomic mass is 15.3. The maximum absolute atomic E-state index is 5.55. The summed E-state index contributed by atoms with van der Waals surface area (Å²) < 4.78 is 0. The maximum atomic E-state index is 5.55. The SMILES string of the molecule is Cc1nc(NN)c(C)c(N2CCC(N3CCCC3)C2)n1. The first-order valence-corrected chi connectivity index (χ1v) is 7.50. The molecule has 0 aliphatic carbocycles. The van der Waals surface area contributed by atoms with E-state index >= 15 is 0 Å². The van der Waals surface area contributed by atoms with Gasteiger partial charge in [0.05, 0.1) is 0 Å². The number of rotatable bonds is 3. The van der Waals surface area contributed by atoms with E-state index in [2.05, 4.69) is 25.2 Å². The summed E-state index contributed by atoms with van der Waals surface area (Å²) in [6.07, 6.45) is 3.93. The normalized spacial score (nSPS) is 23.6. The zero-order chi connectivity index (χ0) is 14.1. The molecule has 1 atom stereocenters. The lowest BCUT2D eigenvalue weighted by Crippen LogP contribution is -2.35. The van der Waals surface area contributed by atoms with E-state index < -0.39 is 0 Å². The Kier molecular flexibility index (Phi) is 3.76. The zero-order valence-electron chi connectivity index (χ0n) is 12.4. The highest BCUT2D eigenvalue weighted by Gasteiger charge is 2.30. The Hall–Kier alpha value is -1.40. The molecule has 0 amide bonds. The summed E-state index contributed by atoms with van der Waals surface area (Å²) in [5.74, 6) is 8.08. The largest absolute Gasteiger partial charge is 0.355 e. The van der Waals surface area contributed by atoms with E-state index in [1.807, 2.05) is 13.8 Å². The average Bonchev–Trinajstić information content (AvgIpc) is 3.10. The Morgan fingerprint density at radius 3 is 2.60 bits per heavy atom. The summed E-state index contributed by atoms with van der Waals surface area (Å²) >= 11 is 0. The third-order valence-electron chi connectivity index (χ3n) is 4.49. The van der Waals surface area contributed by atoms with Crippen molar-refractivity contribution in [2.24, 2.45) is 5.84 Å². The molecule has 1 aromatic rings. The van der Waals surface area contributed by atoms with Crippen molar-refractivity contribution in [2.45, 2.75) is 39.2 Å².